The average Bonchev–Trinajstić information content (AvgIpc) is 3.14. The molecule has 3 saturated heterocycles. The van der Waals surface area contributed by atoms with Crippen LogP contribution in [0.25, 0.3) is 6.08 Å². The van der Waals surface area contributed by atoms with Gasteiger partial charge in [0.05, 0.1) is 33.0 Å². The number of hydrogen-bond acceptors (Lipinski definition) is 17. The molecule has 0 spiro atoms. The first-order chi connectivity index (χ1) is 24.9. The molecule has 14 atom stereocenters. The molecule has 17 nitrogen and oxygen atoms in total. The van der Waals surface area contributed by atoms with Gasteiger partial charge in [-0.3, -0.25) is 0 Å². The quantitative estimate of drug-likeness (QED) is 0.0846. The molecule has 3 aliphatic rings. The van der Waals surface area contributed by atoms with Crippen molar-refractivity contribution in [1.82, 2.24) is 0 Å². The zero-order valence-electron chi connectivity index (χ0n) is 28.4. The lowest BCUT2D eigenvalue weighted by molar-refractivity contribution is -0.354. The third-order valence-electron chi connectivity index (χ3n) is 8.96. The van der Waals surface area contributed by atoms with Crippen molar-refractivity contribution in [3.63, 3.8) is 0 Å². The van der Waals surface area contributed by atoms with Gasteiger partial charge < -0.3 is 78.7 Å². The highest BCUT2D eigenvalue weighted by atomic mass is 16.7. The number of phenols is 1. The second-order valence-electron chi connectivity index (χ2n) is 12.7. The second kappa shape index (κ2) is 18.2. The standard InChI is InChI=1S/C35H46O17/c1-17-31(51-24(38)11-8-19-4-3-5-21(14-19)45-2)32(52-34-28(42)25(39)22(37)15-47-34)30(44)35(49-17)48-16-23-26(40)27(41)29(43)33(50-23)46-13-12-18-6-9-20(36)10-7-18/h3-11,14,17,22-23,25-37,39-44H,12-13,15-16H2,1-2H3/t17-,22+,23+,25-,26+,27-,28+,29+,30+,31-,32-,33+,34-,35+/m0/s1. The summed E-state index contributed by atoms with van der Waals surface area (Å²) in [6.07, 6.45) is -18.0. The first-order valence-corrected chi connectivity index (χ1v) is 16.7. The molecule has 2 aromatic rings. The zero-order valence-corrected chi connectivity index (χ0v) is 28.4. The van der Waals surface area contributed by atoms with Crippen LogP contribution in [0.2, 0.25) is 0 Å². The van der Waals surface area contributed by atoms with E-state index >= 15 is 0 Å². The van der Waals surface area contributed by atoms with Gasteiger partial charge in [-0.05, 0) is 54.8 Å². The maximum Gasteiger partial charge on any atom is 0.331 e. The molecule has 8 N–H and O–H groups in total. The van der Waals surface area contributed by atoms with Gasteiger partial charge in [0.1, 0.15) is 66.4 Å². The normalized spacial score (nSPS) is 36.8. The molecular weight excluding hydrogens is 692 g/mol. The number of aromatic hydroxyl groups is 1. The number of aliphatic hydroxyl groups excluding tert-OH is 7. The molecule has 0 bridgehead atoms. The van der Waals surface area contributed by atoms with Gasteiger partial charge in [0.25, 0.3) is 0 Å². The maximum absolute atomic E-state index is 13.0. The van der Waals surface area contributed by atoms with E-state index in [4.69, 9.17) is 37.9 Å². The number of ether oxygens (including phenoxy) is 8. The summed E-state index contributed by atoms with van der Waals surface area (Å²) in [5.41, 5.74) is 1.46. The monoisotopic (exact) mass is 738 g/mol. The number of methoxy groups -OCH3 is 1. The molecule has 0 unspecified atom stereocenters. The molecule has 3 fully saturated rings. The van der Waals surface area contributed by atoms with Crippen molar-refractivity contribution in [3.05, 3.63) is 65.7 Å². The van der Waals surface area contributed by atoms with Crippen LogP contribution in [0.5, 0.6) is 11.5 Å². The smallest absolute Gasteiger partial charge is 0.331 e. The lowest BCUT2D eigenvalue weighted by Crippen LogP contribution is -2.64. The second-order valence-corrected chi connectivity index (χ2v) is 12.7. The van der Waals surface area contributed by atoms with Gasteiger partial charge >= 0.3 is 5.97 Å². The fourth-order valence-electron chi connectivity index (χ4n) is 5.92. The molecule has 52 heavy (non-hydrogen) atoms. The summed E-state index contributed by atoms with van der Waals surface area (Å²) in [7, 11) is 1.50. The average molecular weight is 739 g/mol. The van der Waals surface area contributed by atoms with Crippen molar-refractivity contribution < 1.29 is 83.5 Å². The van der Waals surface area contributed by atoms with E-state index in [0.717, 1.165) is 11.6 Å². The van der Waals surface area contributed by atoms with Crippen molar-refractivity contribution in [3.8, 4) is 11.5 Å². The first kappa shape index (κ1) is 39.9. The Hall–Kier alpha value is -3.27. The van der Waals surface area contributed by atoms with E-state index in [1.54, 1.807) is 36.4 Å². The van der Waals surface area contributed by atoms with Crippen LogP contribution in [-0.4, -0.2) is 160 Å². The van der Waals surface area contributed by atoms with Gasteiger partial charge in [0.15, 0.2) is 25.0 Å². The van der Waals surface area contributed by atoms with Gasteiger partial charge in [-0.15, -0.1) is 0 Å². The highest BCUT2D eigenvalue weighted by Gasteiger charge is 2.51. The van der Waals surface area contributed by atoms with E-state index in [9.17, 15) is 45.6 Å². The molecule has 288 valence electrons. The molecular formula is C35H46O17. The number of aliphatic hydroxyl groups is 7. The van der Waals surface area contributed by atoms with E-state index in [1.165, 1.54) is 32.2 Å². The van der Waals surface area contributed by atoms with Crippen molar-refractivity contribution in [1.29, 1.82) is 0 Å². The van der Waals surface area contributed by atoms with Crippen LogP contribution in [0.15, 0.2) is 54.6 Å². The number of esters is 1. The summed E-state index contributed by atoms with van der Waals surface area (Å²) in [4.78, 5) is 13.0. The topological polar surface area (TPSA) is 253 Å². The Labute approximate surface area is 299 Å². The Bertz CT molecular complexity index is 1460. The Morgan fingerprint density at radius 1 is 0.827 bits per heavy atom. The predicted octanol–water partition coefficient (Wildman–Crippen LogP) is -1.66. The molecule has 2 aromatic carbocycles. The minimum atomic E-state index is -1.75. The lowest BCUT2D eigenvalue weighted by atomic mass is 9.98. The molecule has 0 aliphatic carbocycles. The third kappa shape index (κ3) is 9.83. The molecule has 3 heterocycles. The maximum atomic E-state index is 13.0. The number of hydrogen-bond donors (Lipinski definition) is 8. The summed E-state index contributed by atoms with van der Waals surface area (Å²) in [5.74, 6) is -0.175. The van der Waals surface area contributed by atoms with Crippen LogP contribution in [0.4, 0.5) is 0 Å². The van der Waals surface area contributed by atoms with Crippen molar-refractivity contribution in [2.75, 3.05) is 26.9 Å². The minimum absolute atomic E-state index is 0.0551. The Morgan fingerprint density at radius 3 is 2.27 bits per heavy atom. The highest BCUT2D eigenvalue weighted by Crippen LogP contribution is 2.31. The summed E-state index contributed by atoms with van der Waals surface area (Å²) in [5, 5.41) is 83.3. The van der Waals surface area contributed by atoms with Gasteiger partial charge in [-0.2, -0.15) is 0 Å². The third-order valence-corrected chi connectivity index (χ3v) is 8.96. The number of benzene rings is 2. The van der Waals surface area contributed by atoms with Gasteiger partial charge in [-0.1, -0.05) is 24.3 Å². The van der Waals surface area contributed by atoms with E-state index in [2.05, 4.69) is 0 Å². The van der Waals surface area contributed by atoms with Crippen LogP contribution in [0.1, 0.15) is 18.1 Å². The van der Waals surface area contributed by atoms with Crippen molar-refractivity contribution in [2.24, 2.45) is 0 Å². The Balaban J connectivity index is 1.25. The zero-order chi connectivity index (χ0) is 37.5. The molecule has 5 rings (SSSR count). The van der Waals surface area contributed by atoms with E-state index in [-0.39, 0.29) is 12.4 Å². The molecule has 3 aliphatic heterocycles. The van der Waals surface area contributed by atoms with E-state index in [0.29, 0.717) is 17.7 Å². The lowest BCUT2D eigenvalue weighted by Gasteiger charge is -2.46. The predicted molar refractivity (Wildman–Crippen MR) is 175 cm³/mol. The summed E-state index contributed by atoms with van der Waals surface area (Å²) < 4.78 is 45.1. The Kier molecular flexibility index (Phi) is 14.0. The van der Waals surface area contributed by atoms with Crippen LogP contribution in [0, 0.1) is 0 Å². The van der Waals surface area contributed by atoms with E-state index in [1.807, 2.05) is 0 Å². The van der Waals surface area contributed by atoms with Gasteiger partial charge in [0.2, 0.25) is 0 Å². The molecule has 0 aromatic heterocycles. The van der Waals surface area contributed by atoms with Crippen LogP contribution in [0.3, 0.4) is 0 Å². The summed E-state index contributed by atoms with van der Waals surface area (Å²) >= 11 is 0. The number of rotatable bonds is 13. The number of carbonyl (C=O) groups excluding carboxylic acids is 1. The fourth-order valence-corrected chi connectivity index (χ4v) is 5.92. The molecule has 0 saturated carbocycles. The molecule has 0 amide bonds. The molecule has 0 radical (unpaired) electrons. The van der Waals surface area contributed by atoms with Crippen molar-refractivity contribution >= 4 is 12.0 Å². The van der Waals surface area contributed by atoms with Crippen LogP contribution >= 0.6 is 0 Å². The number of carbonyl (C=O) groups is 1. The van der Waals surface area contributed by atoms with Crippen LogP contribution < -0.4 is 4.74 Å². The minimum Gasteiger partial charge on any atom is -0.508 e. The van der Waals surface area contributed by atoms with Crippen molar-refractivity contribution in [2.45, 2.75) is 99.4 Å². The SMILES string of the molecule is COc1cccc(C=CC(=O)O[C@@H]2[C@@H](O[C@@H]3OC[C@@H](O)[C@H](O)[C@H]3O)[C@@H](O)[C@H](OC[C@H]3O[C@@H](OCCc4ccc(O)cc4)[C@H](O)[C@@H](O)[C@@H]3O)O[C@H]2C)c1. The van der Waals surface area contributed by atoms with Gasteiger partial charge in [-0.25, -0.2) is 4.79 Å². The summed E-state index contributed by atoms with van der Waals surface area (Å²) in [6.45, 7) is 0.655. The first-order valence-electron chi connectivity index (χ1n) is 16.7. The number of phenolic OH excluding ortho intramolecular Hbond substituents is 1. The molecule has 17 heteroatoms. The van der Waals surface area contributed by atoms with Gasteiger partial charge in [0, 0.05) is 6.08 Å². The Morgan fingerprint density at radius 2 is 1.54 bits per heavy atom. The van der Waals surface area contributed by atoms with Crippen LogP contribution in [-0.2, 0) is 44.4 Å². The summed E-state index contributed by atoms with van der Waals surface area (Å²) in [6, 6.07) is 13.3. The highest BCUT2D eigenvalue weighted by molar-refractivity contribution is 5.87. The largest absolute Gasteiger partial charge is 0.508 e. The fraction of sp³-hybridized carbons (Fsp3) is 0.571. The van der Waals surface area contributed by atoms with E-state index < -0.39 is 105 Å².